The number of rotatable bonds is 5. The first-order valence-corrected chi connectivity index (χ1v) is 12.7. The second-order valence-corrected chi connectivity index (χ2v) is 9.34. The largest absolute Gasteiger partial charge is 0.346 e. The number of hydrogen-bond donors (Lipinski definition) is 1. The summed E-state index contributed by atoms with van der Waals surface area (Å²) >= 11 is 5.62. The van der Waals surface area contributed by atoms with Crippen LogP contribution in [0.3, 0.4) is 0 Å². The number of hydrogen-bond acceptors (Lipinski definition) is 3. The first-order chi connectivity index (χ1) is 17.7. The van der Waals surface area contributed by atoms with Gasteiger partial charge >= 0.3 is 0 Å². The molecule has 1 amide bonds. The first kappa shape index (κ1) is 23.9. The Labute approximate surface area is 218 Å². The molecule has 0 bridgehead atoms. The van der Waals surface area contributed by atoms with Crippen molar-refractivity contribution in [3.8, 4) is 11.1 Å². The van der Waals surface area contributed by atoms with Crippen molar-refractivity contribution in [2.75, 3.05) is 26.2 Å². The molecule has 1 heterocycles. The second-order valence-electron chi connectivity index (χ2n) is 8.95. The van der Waals surface area contributed by atoms with Gasteiger partial charge in [0.05, 0.1) is 6.04 Å². The molecule has 1 aliphatic heterocycles. The van der Waals surface area contributed by atoms with Crippen molar-refractivity contribution >= 4 is 23.2 Å². The Kier molecular flexibility index (Phi) is 7.50. The van der Waals surface area contributed by atoms with Gasteiger partial charge in [-0.25, -0.2) is 0 Å². The highest BCUT2D eigenvalue weighted by molar-refractivity contribution is 7.80. The van der Waals surface area contributed by atoms with Crippen LogP contribution >= 0.6 is 12.2 Å². The van der Waals surface area contributed by atoms with Gasteiger partial charge < -0.3 is 4.90 Å². The van der Waals surface area contributed by atoms with Gasteiger partial charge in [-0.2, -0.15) is 0 Å². The molecule has 4 aromatic carbocycles. The SMILES string of the molecule is O=C(NC(=S)N1CCN(C(c2ccccc2)c2ccccc2)CC1)c1ccc(-c2ccccc2)cc1. The van der Waals surface area contributed by atoms with Crippen LogP contribution in [0.25, 0.3) is 11.1 Å². The summed E-state index contributed by atoms with van der Waals surface area (Å²) in [4.78, 5) is 17.4. The topological polar surface area (TPSA) is 35.6 Å². The van der Waals surface area contributed by atoms with Crippen LogP contribution < -0.4 is 5.32 Å². The molecule has 4 aromatic rings. The van der Waals surface area contributed by atoms with Gasteiger partial charge in [-0.1, -0.05) is 103 Å². The maximum Gasteiger partial charge on any atom is 0.257 e. The van der Waals surface area contributed by atoms with Crippen molar-refractivity contribution in [1.82, 2.24) is 15.1 Å². The lowest BCUT2D eigenvalue weighted by Gasteiger charge is -2.40. The molecule has 0 aromatic heterocycles. The molecule has 1 N–H and O–H groups in total. The van der Waals surface area contributed by atoms with E-state index in [0.29, 0.717) is 10.7 Å². The minimum atomic E-state index is -0.173. The van der Waals surface area contributed by atoms with E-state index in [9.17, 15) is 4.79 Å². The number of benzene rings is 4. The number of carbonyl (C=O) groups is 1. The summed E-state index contributed by atoms with van der Waals surface area (Å²) in [5.41, 5.74) is 5.38. The summed E-state index contributed by atoms with van der Waals surface area (Å²) in [7, 11) is 0. The lowest BCUT2D eigenvalue weighted by molar-refractivity contribution is 0.0967. The van der Waals surface area contributed by atoms with Crippen molar-refractivity contribution in [2.24, 2.45) is 0 Å². The number of amides is 1. The van der Waals surface area contributed by atoms with Gasteiger partial charge in [-0.3, -0.25) is 15.0 Å². The molecule has 1 saturated heterocycles. The Bertz CT molecular complexity index is 1250. The van der Waals surface area contributed by atoms with Crippen molar-refractivity contribution in [2.45, 2.75) is 6.04 Å². The minimum absolute atomic E-state index is 0.173. The smallest absolute Gasteiger partial charge is 0.257 e. The van der Waals surface area contributed by atoms with E-state index < -0.39 is 0 Å². The quantitative estimate of drug-likeness (QED) is 0.359. The number of nitrogens with zero attached hydrogens (tertiary/aromatic N) is 2. The zero-order valence-corrected chi connectivity index (χ0v) is 20.9. The molecule has 0 radical (unpaired) electrons. The van der Waals surface area contributed by atoms with E-state index in [-0.39, 0.29) is 11.9 Å². The predicted molar refractivity (Wildman–Crippen MR) is 150 cm³/mol. The molecule has 1 fully saturated rings. The zero-order chi connectivity index (χ0) is 24.7. The van der Waals surface area contributed by atoms with E-state index in [2.05, 4.69) is 87.9 Å². The van der Waals surface area contributed by atoms with Crippen molar-refractivity contribution in [1.29, 1.82) is 0 Å². The number of nitrogens with one attached hydrogen (secondary N) is 1. The fourth-order valence-corrected chi connectivity index (χ4v) is 5.04. The van der Waals surface area contributed by atoms with Crippen molar-refractivity contribution in [3.05, 3.63) is 132 Å². The van der Waals surface area contributed by atoms with Crippen LogP contribution in [-0.2, 0) is 0 Å². The average Bonchev–Trinajstić information content (AvgIpc) is 2.95. The van der Waals surface area contributed by atoms with Gasteiger partial charge in [0.25, 0.3) is 5.91 Å². The van der Waals surface area contributed by atoms with E-state index in [1.54, 1.807) is 0 Å². The van der Waals surface area contributed by atoms with Gasteiger partial charge in [-0.05, 0) is 46.6 Å². The molecule has 0 saturated carbocycles. The third-order valence-corrected chi connectivity index (χ3v) is 7.03. The van der Waals surface area contributed by atoms with E-state index in [4.69, 9.17) is 12.2 Å². The van der Waals surface area contributed by atoms with E-state index in [1.165, 1.54) is 11.1 Å². The Morgan fingerprint density at radius 3 is 1.64 bits per heavy atom. The Hall–Kier alpha value is -3.80. The Balaban J connectivity index is 1.20. The monoisotopic (exact) mass is 491 g/mol. The van der Waals surface area contributed by atoms with Gasteiger partial charge in [0.1, 0.15) is 0 Å². The summed E-state index contributed by atoms with van der Waals surface area (Å²) in [5, 5.41) is 3.42. The van der Waals surface area contributed by atoms with Gasteiger partial charge in [0.2, 0.25) is 0 Å². The zero-order valence-electron chi connectivity index (χ0n) is 20.1. The molecule has 0 atom stereocenters. The highest BCUT2D eigenvalue weighted by Gasteiger charge is 2.27. The van der Waals surface area contributed by atoms with Crippen LogP contribution in [0.1, 0.15) is 27.5 Å². The highest BCUT2D eigenvalue weighted by atomic mass is 32.1. The first-order valence-electron chi connectivity index (χ1n) is 12.3. The number of piperazine rings is 1. The Morgan fingerprint density at radius 1 is 0.639 bits per heavy atom. The molecule has 180 valence electrons. The van der Waals surface area contributed by atoms with Crippen LogP contribution in [-0.4, -0.2) is 47.0 Å². The van der Waals surface area contributed by atoms with Gasteiger partial charge in [-0.15, -0.1) is 0 Å². The normalized spacial score (nSPS) is 14.0. The molecule has 36 heavy (non-hydrogen) atoms. The Morgan fingerprint density at radius 2 is 1.11 bits per heavy atom. The summed E-state index contributed by atoms with van der Waals surface area (Å²) < 4.78 is 0. The van der Waals surface area contributed by atoms with E-state index in [0.717, 1.165) is 37.3 Å². The molecule has 0 spiro atoms. The molecule has 5 heteroatoms. The lowest BCUT2D eigenvalue weighted by Crippen LogP contribution is -2.53. The number of carbonyl (C=O) groups excluding carboxylic acids is 1. The number of thiocarbonyl (C=S) groups is 1. The maximum absolute atomic E-state index is 12.9. The van der Waals surface area contributed by atoms with Crippen LogP contribution in [0.4, 0.5) is 0 Å². The molecule has 0 unspecified atom stereocenters. The molecule has 5 rings (SSSR count). The second kappa shape index (κ2) is 11.3. The van der Waals surface area contributed by atoms with Gasteiger partial charge in [0, 0.05) is 31.7 Å². The molecule has 1 aliphatic rings. The summed E-state index contributed by atoms with van der Waals surface area (Å²) in [6.45, 7) is 3.25. The lowest BCUT2D eigenvalue weighted by atomic mass is 9.96. The fraction of sp³-hybridized carbons (Fsp3) is 0.161. The predicted octanol–water partition coefficient (Wildman–Crippen LogP) is 5.78. The molecule has 0 aliphatic carbocycles. The molecular weight excluding hydrogens is 462 g/mol. The van der Waals surface area contributed by atoms with Crippen LogP contribution in [0.5, 0.6) is 0 Å². The summed E-state index contributed by atoms with van der Waals surface area (Å²) in [6.07, 6.45) is 0. The maximum atomic E-state index is 12.9. The minimum Gasteiger partial charge on any atom is -0.346 e. The van der Waals surface area contributed by atoms with Crippen LogP contribution in [0, 0.1) is 0 Å². The molecule has 4 nitrogen and oxygen atoms in total. The third-order valence-electron chi connectivity index (χ3n) is 6.67. The summed E-state index contributed by atoms with van der Waals surface area (Å²) in [6, 6.07) is 39.2. The standard InChI is InChI=1S/C31H29N3OS/c35-30(28-18-16-25(17-19-28)24-10-4-1-5-11-24)32-31(36)34-22-20-33(21-23-34)29(26-12-6-2-7-13-26)27-14-8-3-9-15-27/h1-19,29H,20-23H2,(H,32,35,36). The summed E-state index contributed by atoms with van der Waals surface area (Å²) in [5.74, 6) is -0.173. The van der Waals surface area contributed by atoms with Crippen LogP contribution in [0.15, 0.2) is 115 Å². The van der Waals surface area contributed by atoms with Crippen LogP contribution in [0.2, 0.25) is 0 Å². The molecular formula is C31H29N3OS. The van der Waals surface area contributed by atoms with Crippen molar-refractivity contribution in [3.63, 3.8) is 0 Å². The average molecular weight is 492 g/mol. The third kappa shape index (κ3) is 5.54. The van der Waals surface area contributed by atoms with E-state index >= 15 is 0 Å². The van der Waals surface area contributed by atoms with E-state index in [1.807, 2.05) is 42.5 Å². The van der Waals surface area contributed by atoms with Gasteiger partial charge in [0.15, 0.2) is 5.11 Å². The fourth-order valence-electron chi connectivity index (χ4n) is 4.76. The van der Waals surface area contributed by atoms with Crippen molar-refractivity contribution < 1.29 is 4.79 Å². The highest BCUT2D eigenvalue weighted by Crippen LogP contribution is 2.29.